The summed E-state index contributed by atoms with van der Waals surface area (Å²) in [7, 11) is 0. The summed E-state index contributed by atoms with van der Waals surface area (Å²) in [6, 6.07) is 8.49. The Labute approximate surface area is 100 Å². The van der Waals surface area contributed by atoms with Gasteiger partial charge in [-0.1, -0.05) is 12.1 Å². The summed E-state index contributed by atoms with van der Waals surface area (Å²) in [6.07, 6.45) is 3.64. The number of anilines is 1. The lowest BCUT2D eigenvalue weighted by Crippen LogP contribution is -2.40. The van der Waals surface area contributed by atoms with E-state index in [-0.39, 0.29) is 0 Å². The van der Waals surface area contributed by atoms with Crippen LogP contribution in [0.1, 0.15) is 12.7 Å². The maximum absolute atomic E-state index is 5.71. The van der Waals surface area contributed by atoms with Crippen LogP contribution in [0.4, 0.5) is 5.69 Å². The Balaban J connectivity index is 1.92. The molecular weight excluding hydrogens is 214 g/mol. The zero-order chi connectivity index (χ0) is 11.7. The minimum Gasteiger partial charge on any atom is -0.489 e. The minimum atomic E-state index is 0.356. The molecule has 1 N–H and O–H groups in total. The van der Waals surface area contributed by atoms with E-state index in [0.717, 1.165) is 30.4 Å². The third-order valence-electron chi connectivity index (χ3n) is 3.06. The lowest BCUT2D eigenvalue weighted by atomic mass is 10.1. The highest BCUT2D eigenvalue weighted by Crippen LogP contribution is 2.33. The Hall–Kier alpha value is -1.97. The molecule has 0 spiro atoms. The highest BCUT2D eigenvalue weighted by atomic mass is 16.5. The molecule has 3 rings (SSSR count). The fraction of sp³-hybridized carbons (Fsp3) is 0.308. The second-order valence-electron chi connectivity index (χ2n) is 4.29. The van der Waals surface area contributed by atoms with Crippen LogP contribution in [0, 0.1) is 0 Å². The van der Waals surface area contributed by atoms with E-state index >= 15 is 0 Å². The summed E-state index contributed by atoms with van der Waals surface area (Å²) in [5.74, 6) is 1.94. The van der Waals surface area contributed by atoms with Crippen LogP contribution in [0.3, 0.4) is 0 Å². The van der Waals surface area contributed by atoms with Gasteiger partial charge in [-0.05, 0) is 19.1 Å². The number of H-pyrrole nitrogens is 1. The molecule has 0 radical (unpaired) electrons. The van der Waals surface area contributed by atoms with Crippen molar-refractivity contribution < 1.29 is 4.74 Å². The monoisotopic (exact) mass is 229 g/mol. The highest BCUT2D eigenvalue weighted by molar-refractivity contribution is 5.60. The van der Waals surface area contributed by atoms with Crippen LogP contribution >= 0.6 is 0 Å². The molecule has 0 fully saturated rings. The molecule has 4 nitrogen and oxygen atoms in total. The SMILES string of the molecule is CC1COc2ccccc2N1Cc1ncc[nH]1. The van der Waals surface area contributed by atoms with Gasteiger partial charge in [0.1, 0.15) is 18.2 Å². The highest BCUT2D eigenvalue weighted by Gasteiger charge is 2.24. The lowest BCUT2D eigenvalue weighted by molar-refractivity contribution is 0.268. The van der Waals surface area contributed by atoms with Crippen molar-refractivity contribution in [3.8, 4) is 5.75 Å². The molecule has 0 saturated heterocycles. The largest absolute Gasteiger partial charge is 0.489 e. The van der Waals surface area contributed by atoms with Crippen molar-refractivity contribution in [2.75, 3.05) is 11.5 Å². The molecule has 0 amide bonds. The van der Waals surface area contributed by atoms with E-state index in [2.05, 4.69) is 27.9 Å². The summed E-state index contributed by atoms with van der Waals surface area (Å²) in [5, 5.41) is 0. The van der Waals surface area contributed by atoms with E-state index < -0.39 is 0 Å². The Morgan fingerprint density at radius 1 is 1.47 bits per heavy atom. The standard InChI is InChI=1S/C13H15N3O/c1-10-9-17-12-5-3-2-4-11(12)16(10)8-13-14-6-7-15-13/h2-7,10H,8-9H2,1H3,(H,14,15). The molecular formula is C13H15N3O. The van der Waals surface area contributed by atoms with Crippen molar-refractivity contribution in [1.82, 2.24) is 9.97 Å². The maximum Gasteiger partial charge on any atom is 0.142 e. The first kappa shape index (κ1) is 10.2. The predicted molar refractivity (Wildman–Crippen MR) is 66.2 cm³/mol. The van der Waals surface area contributed by atoms with Gasteiger partial charge in [0, 0.05) is 12.4 Å². The van der Waals surface area contributed by atoms with Crippen LogP contribution in [0.5, 0.6) is 5.75 Å². The van der Waals surface area contributed by atoms with E-state index in [1.54, 1.807) is 6.20 Å². The quantitative estimate of drug-likeness (QED) is 0.858. The zero-order valence-electron chi connectivity index (χ0n) is 9.76. The summed E-state index contributed by atoms with van der Waals surface area (Å²) in [4.78, 5) is 9.74. The Bertz CT molecular complexity index is 495. The van der Waals surface area contributed by atoms with Gasteiger partial charge in [0.05, 0.1) is 18.3 Å². The summed E-state index contributed by atoms with van der Waals surface area (Å²) in [6.45, 7) is 3.67. The van der Waals surface area contributed by atoms with Crippen molar-refractivity contribution >= 4 is 5.69 Å². The third kappa shape index (κ3) is 1.86. The predicted octanol–water partition coefficient (Wildman–Crippen LogP) is 2.20. The normalized spacial score (nSPS) is 18.6. The number of ether oxygens (including phenoxy) is 1. The van der Waals surface area contributed by atoms with Crippen molar-refractivity contribution in [3.05, 3.63) is 42.5 Å². The molecule has 1 unspecified atom stereocenters. The third-order valence-corrected chi connectivity index (χ3v) is 3.06. The average molecular weight is 229 g/mol. The number of benzene rings is 1. The fourth-order valence-corrected chi connectivity index (χ4v) is 2.14. The van der Waals surface area contributed by atoms with Crippen molar-refractivity contribution in [1.29, 1.82) is 0 Å². The van der Waals surface area contributed by atoms with Gasteiger partial charge in [0.2, 0.25) is 0 Å². The average Bonchev–Trinajstić information content (AvgIpc) is 2.86. The number of hydrogen-bond donors (Lipinski definition) is 1. The number of hydrogen-bond acceptors (Lipinski definition) is 3. The molecule has 1 atom stereocenters. The van der Waals surface area contributed by atoms with E-state index in [9.17, 15) is 0 Å². The molecule has 0 bridgehead atoms. The van der Waals surface area contributed by atoms with E-state index in [1.807, 2.05) is 24.4 Å². The van der Waals surface area contributed by atoms with Crippen LogP contribution in [-0.2, 0) is 6.54 Å². The number of nitrogens with one attached hydrogen (secondary N) is 1. The van der Waals surface area contributed by atoms with Crippen LogP contribution in [0.25, 0.3) is 0 Å². The molecule has 0 aliphatic carbocycles. The molecule has 0 saturated carbocycles. The second kappa shape index (κ2) is 4.13. The number of nitrogens with zero attached hydrogens (tertiary/aromatic N) is 2. The molecule has 1 aromatic heterocycles. The van der Waals surface area contributed by atoms with Crippen molar-refractivity contribution in [3.63, 3.8) is 0 Å². The topological polar surface area (TPSA) is 41.1 Å². The Morgan fingerprint density at radius 2 is 2.35 bits per heavy atom. The first-order chi connectivity index (χ1) is 8.34. The van der Waals surface area contributed by atoms with Crippen LogP contribution in [-0.4, -0.2) is 22.6 Å². The van der Waals surface area contributed by atoms with Crippen LogP contribution in [0.15, 0.2) is 36.7 Å². The minimum absolute atomic E-state index is 0.356. The van der Waals surface area contributed by atoms with Gasteiger partial charge >= 0.3 is 0 Å². The zero-order valence-corrected chi connectivity index (χ0v) is 9.76. The molecule has 4 heteroatoms. The van der Waals surface area contributed by atoms with Gasteiger partial charge in [-0.15, -0.1) is 0 Å². The number of fused-ring (bicyclic) bond motifs is 1. The molecule has 88 valence electrons. The molecule has 2 aromatic rings. The summed E-state index contributed by atoms with van der Waals surface area (Å²) < 4.78 is 5.71. The van der Waals surface area contributed by atoms with Gasteiger partial charge in [-0.3, -0.25) is 0 Å². The maximum atomic E-state index is 5.71. The molecule has 17 heavy (non-hydrogen) atoms. The first-order valence-corrected chi connectivity index (χ1v) is 5.81. The second-order valence-corrected chi connectivity index (χ2v) is 4.29. The van der Waals surface area contributed by atoms with Gasteiger partial charge < -0.3 is 14.6 Å². The Morgan fingerprint density at radius 3 is 3.18 bits per heavy atom. The van der Waals surface area contributed by atoms with Crippen molar-refractivity contribution in [2.24, 2.45) is 0 Å². The fourth-order valence-electron chi connectivity index (χ4n) is 2.14. The molecule has 1 aliphatic rings. The van der Waals surface area contributed by atoms with E-state index in [0.29, 0.717) is 6.04 Å². The molecule has 1 aromatic carbocycles. The smallest absolute Gasteiger partial charge is 0.142 e. The van der Waals surface area contributed by atoms with Gasteiger partial charge in [0.15, 0.2) is 0 Å². The number of imidazole rings is 1. The van der Waals surface area contributed by atoms with Gasteiger partial charge in [-0.25, -0.2) is 4.98 Å². The van der Waals surface area contributed by atoms with Gasteiger partial charge in [0.25, 0.3) is 0 Å². The van der Waals surface area contributed by atoms with E-state index in [1.165, 1.54) is 0 Å². The first-order valence-electron chi connectivity index (χ1n) is 5.81. The number of rotatable bonds is 2. The van der Waals surface area contributed by atoms with Crippen molar-refractivity contribution in [2.45, 2.75) is 19.5 Å². The number of para-hydroxylation sites is 2. The van der Waals surface area contributed by atoms with Crippen LogP contribution < -0.4 is 9.64 Å². The molecule has 2 heterocycles. The lowest BCUT2D eigenvalue weighted by Gasteiger charge is -2.36. The molecule has 1 aliphatic heterocycles. The van der Waals surface area contributed by atoms with Gasteiger partial charge in [-0.2, -0.15) is 0 Å². The summed E-state index contributed by atoms with van der Waals surface area (Å²) in [5.41, 5.74) is 1.14. The van der Waals surface area contributed by atoms with E-state index in [4.69, 9.17) is 4.74 Å². The summed E-state index contributed by atoms with van der Waals surface area (Å²) >= 11 is 0. The Kier molecular flexibility index (Phi) is 2.48. The number of aromatic nitrogens is 2. The number of aromatic amines is 1. The van der Waals surface area contributed by atoms with Crippen LogP contribution in [0.2, 0.25) is 0 Å².